The largest absolute Gasteiger partial charge is 0.494 e. The third-order valence-electron chi connectivity index (χ3n) is 2.37. The second kappa shape index (κ2) is 5.69. The fraction of sp³-hybridized carbons (Fsp3) is 0.500. The Morgan fingerprint density at radius 1 is 1.28 bits per heavy atom. The number of nitrogens with one attached hydrogen (secondary N) is 1. The van der Waals surface area contributed by atoms with Crippen molar-refractivity contribution < 1.29 is 13.2 Å². The zero-order valence-corrected chi connectivity index (χ0v) is 11.8. The lowest BCUT2D eigenvalue weighted by Gasteiger charge is -2.23. The van der Waals surface area contributed by atoms with Gasteiger partial charge in [0.1, 0.15) is 5.75 Å². The van der Waals surface area contributed by atoms with Crippen molar-refractivity contribution in [3.63, 3.8) is 0 Å². The highest BCUT2D eigenvalue weighted by atomic mass is 32.2. The Morgan fingerprint density at radius 3 is 2.28 bits per heavy atom. The van der Waals surface area contributed by atoms with Crippen molar-refractivity contribution in [2.45, 2.75) is 31.2 Å². The summed E-state index contributed by atoms with van der Waals surface area (Å²) in [5, 5.41) is 0. The van der Waals surface area contributed by atoms with E-state index in [1.807, 2.05) is 6.92 Å². The van der Waals surface area contributed by atoms with Crippen LogP contribution >= 0.6 is 0 Å². The van der Waals surface area contributed by atoms with Crippen LogP contribution in [0, 0.1) is 0 Å². The van der Waals surface area contributed by atoms with E-state index in [1.165, 1.54) is 12.1 Å². The zero-order chi connectivity index (χ0) is 13.8. The molecule has 0 heterocycles. The Hall–Kier alpha value is -1.11. The van der Waals surface area contributed by atoms with E-state index in [0.717, 1.165) is 0 Å². The first kappa shape index (κ1) is 14.9. The normalized spacial score (nSPS) is 12.4. The maximum Gasteiger partial charge on any atom is 0.241 e. The average molecular weight is 272 g/mol. The van der Waals surface area contributed by atoms with Crippen molar-refractivity contribution in [3.8, 4) is 5.75 Å². The van der Waals surface area contributed by atoms with Gasteiger partial charge < -0.3 is 10.5 Å². The second-order valence-electron chi connectivity index (χ2n) is 4.60. The molecule has 0 atom stereocenters. The second-order valence-corrected chi connectivity index (χ2v) is 6.28. The fourth-order valence-electron chi connectivity index (χ4n) is 1.35. The highest BCUT2D eigenvalue weighted by Gasteiger charge is 2.24. The van der Waals surface area contributed by atoms with Crippen molar-refractivity contribution >= 4 is 10.0 Å². The van der Waals surface area contributed by atoms with Crippen molar-refractivity contribution in [3.05, 3.63) is 24.3 Å². The highest BCUT2D eigenvalue weighted by Crippen LogP contribution is 2.17. The van der Waals surface area contributed by atoms with Crippen LogP contribution in [0.1, 0.15) is 20.8 Å². The van der Waals surface area contributed by atoms with E-state index in [4.69, 9.17) is 10.5 Å². The minimum Gasteiger partial charge on any atom is -0.494 e. The quantitative estimate of drug-likeness (QED) is 0.812. The molecule has 1 aromatic carbocycles. The maximum atomic E-state index is 12.1. The molecule has 0 fully saturated rings. The van der Waals surface area contributed by atoms with E-state index in [0.29, 0.717) is 12.4 Å². The molecule has 3 N–H and O–H groups in total. The van der Waals surface area contributed by atoms with Gasteiger partial charge in [-0.05, 0) is 45.0 Å². The Bertz CT molecular complexity index is 481. The van der Waals surface area contributed by atoms with Crippen LogP contribution in [0.5, 0.6) is 5.75 Å². The highest BCUT2D eigenvalue weighted by molar-refractivity contribution is 7.89. The molecule has 6 heteroatoms. The van der Waals surface area contributed by atoms with Crippen molar-refractivity contribution in [1.29, 1.82) is 0 Å². The molecular formula is C12H20N2O3S. The van der Waals surface area contributed by atoms with E-state index >= 15 is 0 Å². The molecule has 0 spiro atoms. The van der Waals surface area contributed by atoms with Crippen LogP contribution in [-0.2, 0) is 10.0 Å². The van der Waals surface area contributed by atoms with Gasteiger partial charge in [-0.25, -0.2) is 13.1 Å². The van der Waals surface area contributed by atoms with Gasteiger partial charge in [0, 0.05) is 12.1 Å². The van der Waals surface area contributed by atoms with Gasteiger partial charge >= 0.3 is 0 Å². The van der Waals surface area contributed by atoms with E-state index in [2.05, 4.69) is 4.72 Å². The summed E-state index contributed by atoms with van der Waals surface area (Å²) in [5.74, 6) is 0.648. The first-order valence-corrected chi connectivity index (χ1v) is 7.26. The lowest BCUT2D eigenvalue weighted by Crippen LogP contribution is -2.48. The van der Waals surface area contributed by atoms with Crippen molar-refractivity contribution in [2.75, 3.05) is 13.2 Å². The van der Waals surface area contributed by atoms with E-state index in [-0.39, 0.29) is 11.4 Å². The Labute approximate surface area is 108 Å². The van der Waals surface area contributed by atoms with Crippen LogP contribution in [0.15, 0.2) is 29.2 Å². The van der Waals surface area contributed by atoms with E-state index < -0.39 is 15.6 Å². The number of hydrogen-bond donors (Lipinski definition) is 2. The monoisotopic (exact) mass is 272 g/mol. The minimum absolute atomic E-state index is 0.201. The predicted molar refractivity (Wildman–Crippen MR) is 71.1 cm³/mol. The van der Waals surface area contributed by atoms with Crippen molar-refractivity contribution in [1.82, 2.24) is 4.72 Å². The molecule has 0 amide bonds. The summed E-state index contributed by atoms with van der Waals surface area (Å²) in [6.45, 7) is 6.11. The number of hydrogen-bond acceptors (Lipinski definition) is 4. The summed E-state index contributed by atoms with van der Waals surface area (Å²) >= 11 is 0. The van der Waals surface area contributed by atoms with Crippen LogP contribution in [0.2, 0.25) is 0 Å². The average Bonchev–Trinajstić information content (AvgIpc) is 2.29. The van der Waals surface area contributed by atoms with Gasteiger partial charge in [-0.1, -0.05) is 0 Å². The molecule has 5 nitrogen and oxygen atoms in total. The lowest BCUT2D eigenvalue weighted by atomic mass is 10.1. The number of rotatable bonds is 6. The summed E-state index contributed by atoms with van der Waals surface area (Å²) in [5.41, 5.74) is 4.84. The molecular weight excluding hydrogens is 252 g/mol. The standard InChI is InChI=1S/C12H20N2O3S/c1-4-17-10-5-7-11(8-6-10)18(15,16)14-12(2,3)9-13/h5-8,14H,4,9,13H2,1-3H3. The lowest BCUT2D eigenvalue weighted by molar-refractivity contribution is 0.340. The number of ether oxygens (including phenoxy) is 1. The summed E-state index contributed by atoms with van der Waals surface area (Å²) in [6.07, 6.45) is 0. The molecule has 0 bridgehead atoms. The molecule has 18 heavy (non-hydrogen) atoms. The zero-order valence-electron chi connectivity index (χ0n) is 10.9. The molecule has 0 radical (unpaired) electrons. The van der Waals surface area contributed by atoms with Gasteiger partial charge in [-0.15, -0.1) is 0 Å². The summed E-state index contributed by atoms with van der Waals surface area (Å²) in [6, 6.07) is 6.29. The number of sulfonamides is 1. The SMILES string of the molecule is CCOc1ccc(S(=O)(=O)NC(C)(C)CN)cc1. The Morgan fingerprint density at radius 2 is 1.83 bits per heavy atom. The molecule has 1 aromatic rings. The molecule has 0 aliphatic carbocycles. The van der Waals surface area contributed by atoms with Gasteiger partial charge in [-0.3, -0.25) is 0 Å². The molecule has 0 saturated heterocycles. The first-order valence-electron chi connectivity index (χ1n) is 5.77. The molecule has 0 aromatic heterocycles. The van der Waals surface area contributed by atoms with Gasteiger partial charge in [0.25, 0.3) is 0 Å². The van der Waals surface area contributed by atoms with Crippen LogP contribution < -0.4 is 15.2 Å². The van der Waals surface area contributed by atoms with Crippen LogP contribution in [0.4, 0.5) is 0 Å². The topological polar surface area (TPSA) is 81.4 Å². The smallest absolute Gasteiger partial charge is 0.241 e. The molecule has 0 unspecified atom stereocenters. The summed E-state index contributed by atoms with van der Waals surface area (Å²) in [4.78, 5) is 0.201. The molecule has 0 saturated carbocycles. The van der Waals surface area contributed by atoms with Gasteiger partial charge in [0.05, 0.1) is 11.5 Å². The van der Waals surface area contributed by atoms with Crippen molar-refractivity contribution in [2.24, 2.45) is 5.73 Å². The summed E-state index contributed by atoms with van der Waals surface area (Å²) < 4.78 is 32.0. The minimum atomic E-state index is -3.55. The summed E-state index contributed by atoms with van der Waals surface area (Å²) in [7, 11) is -3.55. The third-order valence-corrected chi connectivity index (χ3v) is 4.08. The van der Waals surface area contributed by atoms with Gasteiger partial charge in [0.15, 0.2) is 0 Å². The van der Waals surface area contributed by atoms with Crippen LogP contribution in [0.25, 0.3) is 0 Å². The van der Waals surface area contributed by atoms with Crippen LogP contribution in [-0.4, -0.2) is 27.1 Å². The van der Waals surface area contributed by atoms with Gasteiger partial charge in [0.2, 0.25) is 10.0 Å². The number of benzene rings is 1. The Kier molecular flexibility index (Phi) is 4.72. The molecule has 1 rings (SSSR count). The molecule has 0 aliphatic heterocycles. The molecule has 102 valence electrons. The van der Waals surface area contributed by atoms with E-state index in [9.17, 15) is 8.42 Å². The van der Waals surface area contributed by atoms with E-state index in [1.54, 1.807) is 26.0 Å². The fourth-order valence-corrected chi connectivity index (χ4v) is 2.77. The van der Waals surface area contributed by atoms with Crippen LogP contribution in [0.3, 0.4) is 0 Å². The maximum absolute atomic E-state index is 12.1. The van der Waals surface area contributed by atoms with Gasteiger partial charge in [-0.2, -0.15) is 0 Å². The molecule has 0 aliphatic rings. The first-order chi connectivity index (χ1) is 8.30. The Balaban J connectivity index is 2.92. The number of nitrogens with two attached hydrogens (primary N) is 1. The predicted octanol–water partition coefficient (Wildman–Crippen LogP) is 1.10. The third kappa shape index (κ3) is 3.97.